The van der Waals surface area contributed by atoms with Crippen molar-refractivity contribution in [2.45, 2.75) is 45.9 Å². The Morgan fingerprint density at radius 2 is 1.27 bits per heavy atom. The Morgan fingerprint density at radius 1 is 0.818 bits per heavy atom. The van der Waals surface area contributed by atoms with Crippen LogP contribution in [0.15, 0.2) is 60.7 Å². The van der Waals surface area contributed by atoms with Gasteiger partial charge in [0.25, 0.3) is 0 Å². The summed E-state index contributed by atoms with van der Waals surface area (Å²) in [5.41, 5.74) is 2.15. The summed E-state index contributed by atoms with van der Waals surface area (Å²) in [5, 5.41) is 14.4. The van der Waals surface area contributed by atoms with E-state index in [-0.39, 0.29) is 17.5 Å². The summed E-state index contributed by atoms with van der Waals surface area (Å²) in [6.07, 6.45) is -0.471. The summed E-state index contributed by atoms with van der Waals surface area (Å²) in [7, 11) is 0. The molecule has 2 N–H and O–H groups in total. The molecular weight excluding hydrogens is 270 g/mol. The molecule has 0 spiro atoms. The van der Waals surface area contributed by atoms with Gasteiger partial charge in [-0.25, -0.2) is 0 Å². The van der Waals surface area contributed by atoms with E-state index in [0.717, 1.165) is 5.56 Å². The molecule has 0 radical (unpaired) electrons. The second kappa shape index (κ2) is 7.08. The Labute approximate surface area is 134 Å². The zero-order valence-electron chi connectivity index (χ0n) is 14.0. The van der Waals surface area contributed by atoms with Crippen LogP contribution in [0.3, 0.4) is 0 Å². The van der Waals surface area contributed by atoms with Crippen LogP contribution in [0.4, 0.5) is 0 Å². The van der Waals surface area contributed by atoms with Crippen molar-refractivity contribution in [1.29, 1.82) is 0 Å². The average Bonchev–Trinajstić information content (AvgIpc) is 2.52. The third kappa shape index (κ3) is 4.19. The molecule has 0 unspecified atom stereocenters. The van der Waals surface area contributed by atoms with Crippen molar-refractivity contribution in [1.82, 2.24) is 5.32 Å². The molecule has 2 rings (SSSR count). The molecule has 2 aromatic carbocycles. The molecule has 3 atom stereocenters. The van der Waals surface area contributed by atoms with Gasteiger partial charge in [-0.05, 0) is 23.5 Å². The Kier molecular flexibility index (Phi) is 5.38. The molecule has 0 bridgehead atoms. The fraction of sp³-hybridized carbons (Fsp3) is 0.400. The molecule has 0 saturated carbocycles. The number of aliphatic hydroxyl groups is 1. The van der Waals surface area contributed by atoms with Crippen molar-refractivity contribution in [3.05, 3.63) is 71.8 Å². The van der Waals surface area contributed by atoms with Gasteiger partial charge < -0.3 is 10.4 Å². The van der Waals surface area contributed by atoms with Crippen LogP contribution in [0.25, 0.3) is 0 Å². The summed E-state index contributed by atoms with van der Waals surface area (Å²) in [6.45, 7) is 8.36. The van der Waals surface area contributed by atoms with E-state index in [1.165, 1.54) is 5.56 Å². The lowest BCUT2D eigenvalue weighted by molar-refractivity contribution is 0.0249. The monoisotopic (exact) mass is 297 g/mol. The lowest BCUT2D eigenvalue weighted by atomic mass is 9.81. The van der Waals surface area contributed by atoms with Crippen LogP contribution in [0, 0.1) is 5.41 Å². The molecule has 0 fully saturated rings. The Morgan fingerprint density at radius 3 is 1.73 bits per heavy atom. The highest BCUT2D eigenvalue weighted by Gasteiger charge is 2.32. The molecule has 0 saturated heterocycles. The molecule has 2 heteroatoms. The van der Waals surface area contributed by atoms with Gasteiger partial charge in [0, 0.05) is 6.04 Å². The molecule has 0 aliphatic carbocycles. The first kappa shape index (κ1) is 16.7. The predicted molar refractivity (Wildman–Crippen MR) is 92.6 cm³/mol. The summed E-state index contributed by atoms with van der Waals surface area (Å²) in [5.74, 6) is 0. The Bertz CT molecular complexity index is 559. The highest BCUT2D eigenvalue weighted by molar-refractivity contribution is 5.23. The van der Waals surface area contributed by atoms with E-state index in [4.69, 9.17) is 0 Å². The van der Waals surface area contributed by atoms with Gasteiger partial charge in [-0.3, -0.25) is 0 Å². The minimum absolute atomic E-state index is 0.101. The van der Waals surface area contributed by atoms with E-state index in [0.29, 0.717) is 0 Å². The minimum atomic E-state index is -0.471. The maximum absolute atomic E-state index is 10.8. The van der Waals surface area contributed by atoms with Crippen molar-refractivity contribution in [3.8, 4) is 0 Å². The van der Waals surface area contributed by atoms with Crippen molar-refractivity contribution < 1.29 is 5.11 Å². The van der Waals surface area contributed by atoms with Crippen LogP contribution in [0.2, 0.25) is 0 Å². The van der Waals surface area contributed by atoms with Gasteiger partial charge in [-0.15, -0.1) is 0 Å². The number of nitrogens with one attached hydrogen (secondary N) is 1. The summed E-state index contributed by atoms with van der Waals surface area (Å²) >= 11 is 0. The zero-order chi connectivity index (χ0) is 16.2. The topological polar surface area (TPSA) is 32.3 Å². The third-order valence-corrected chi connectivity index (χ3v) is 4.09. The van der Waals surface area contributed by atoms with E-state index in [1.807, 2.05) is 36.4 Å². The fourth-order valence-electron chi connectivity index (χ4n) is 2.64. The quantitative estimate of drug-likeness (QED) is 0.852. The first-order valence-electron chi connectivity index (χ1n) is 7.93. The van der Waals surface area contributed by atoms with E-state index >= 15 is 0 Å². The maximum Gasteiger partial charge on any atom is 0.0783 e. The van der Waals surface area contributed by atoms with Crippen molar-refractivity contribution in [2.24, 2.45) is 5.41 Å². The molecule has 118 valence electrons. The second-order valence-electron chi connectivity index (χ2n) is 7.00. The average molecular weight is 297 g/mol. The summed E-state index contributed by atoms with van der Waals surface area (Å²) in [4.78, 5) is 0. The molecule has 0 amide bonds. The van der Waals surface area contributed by atoms with Crippen molar-refractivity contribution in [3.63, 3.8) is 0 Å². The molecule has 2 nitrogen and oxygen atoms in total. The van der Waals surface area contributed by atoms with Crippen LogP contribution in [-0.2, 0) is 0 Å². The Hall–Kier alpha value is -1.64. The van der Waals surface area contributed by atoms with Crippen LogP contribution in [0.1, 0.15) is 50.9 Å². The van der Waals surface area contributed by atoms with Gasteiger partial charge in [0.1, 0.15) is 0 Å². The smallest absolute Gasteiger partial charge is 0.0783 e. The van der Waals surface area contributed by atoms with Gasteiger partial charge in [0.15, 0.2) is 0 Å². The van der Waals surface area contributed by atoms with Gasteiger partial charge in [0.05, 0.1) is 12.1 Å². The molecule has 0 heterocycles. The van der Waals surface area contributed by atoms with Gasteiger partial charge in [-0.2, -0.15) is 0 Å². The van der Waals surface area contributed by atoms with Gasteiger partial charge in [0.2, 0.25) is 0 Å². The third-order valence-electron chi connectivity index (χ3n) is 4.09. The van der Waals surface area contributed by atoms with Gasteiger partial charge >= 0.3 is 0 Å². The number of benzene rings is 2. The Balaban J connectivity index is 2.25. The van der Waals surface area contributed by atoms with Crippen LogP contribution in [-0.4, -0.2) is 11.2 Å². The summed E-state index contributed by atoms with van der Waals surface area (Å²) < 4.78 is 0. The van der Waals surface area contributed by atoms with Crippen LogP contribution in [0.5, 0.6) is 0 Å². The molecular formula is C20H27NO. The van der Waals surface area contributed by atoms with Crippen molar-refractivity contribution in [2.75, 3.05) is 0 Å². The van der Waals surface area contributed by atoms with E-state index in [1.54, 1.807) is 0 Å². The first-order chi connectivity index (χ1) is 10.4. The zero-order valence-corrected chi connectivity index (χ0v) is 14.0. The number of rotatable bonds is 5. The maximum atomic E-state index is 10.8. The second-order valence-corrected chi connectivity index (χ2v) is 7.00. The predicted octanol–water partition coefficient (Wildman–Crippen LogP) is 4.49. The standard InChI is InChI=1S/C20H27NO/c1-15(16-11-7-5-8-12-16)21-18(19(22)20(2,3)4)17-13-9-6-10-14-17/h5-15,18-19,21-22H,1-4H3/t15-,18-,19-/m0/s1. The largest absolute Gasteiger partial charge is 0.391 e. The van der Waals surface area contributed by atoms with E-state index in [2.05, 4.69) is 57.3 Å². The van der Waals surface area contributed by atoms with Crippen LogP contribution >= 0.6 is 0 Å². The van der Waals surface area contributed by atoms with Crippen LogP contribution < -0.4 is 5.32 Å². The first-order valence-corrected chi connectivity index (χ1v) is 7.93. The van der Waals surface area contributed by atoms with Crippen molar-refractivity contribution >= 4 is 0 Å². The number of aliphatic hydroxyl groups excluding tert-OH is 1. The highest BCUT2D eigenvalue weighted by Crippen LogP contribution is 2.32. The molecule has 0 aromatic heterocycles. The fourth-order valence-corrected chi connectivity index (χ4v) is 2.64. The normalized spacial score (nSPS) is 16.0. The SMILES string of the molecule is C[C@H](N[C@@H](c1ccccc1)[C@H](O)C(C)(C)C)c1ccccc1. The molecule has 0 aliphatic rings. The summed E-state index contributed by atoms with van der Waals surface area (Å²) in [6, 6.07) is 20.6. The minimum Gasteiger partial charge on any atom is -0.391 e. The molecule has 22 heavy (non-hydrogen) atoms. The molecule has 2 aromatic rings. The van der Waals surface area contributed by atoms with E-state index < -0.39 is 6.10 Å². The highest BCUT2D eigenvalue weighted by atomic mass is 16.3. The van der Waals surface area contributed by atoms with E-state index in [9.17, 15) is 5.11 Å². The number of hydrogen-bond donors (Lipinski definition) is 2. The molecule has 0 aliphatic heterocycles. The number of hydrogen-bond acceptors (Lipinski definition) is 2. The van der Waals surface area contributed by atoms with Gasteiger partial charge in [-0.1, -0.05) is 81.4 Å². The lowest BCUT2D eigenvalue weighted by Gasteiger charge is -2.35. The lowest BCUT2D eigenvalue weighted by Crippen LogP contribution is -2.41.